The van der Waals surface area contributed by atoms with E-state index in [4.69, 9.17) is 17.0 Å². The van der Waals surface area contributed by atoms with Gasteiger partial charge in [0.15, 0.2) is 5.11 Å². The lowest BCUT2D eigenvalue weighted by molar-refractivity contribution is -0.384. The number of ether oxygens (including phenoxy) is 1. The molecular weight excluding hydrogens is 386 g/mol. The molecule has 7 heteroatoms. The zero-order valence-corrected chi connectivity index (χ0v) is 18.1. The van der Waals surface area contributed by atoms with Crippen molar-refractivity contribution in [3.05, 3.63) is 58.1 Å². The number of hydrogen-bond acceptors (Lipinski definition) is 4. The largest absolute Gasteiger partial charge is 0.488 e. The van der Waals surface area contributed by atoms with E-state index in [2.05, 4.69) is 44.4 Å². The summed E-state index contributed by atoms with van der Waals surface area (Å²) < 4.78 is 6.23. The first-order valence-corrected chi connectivity index (χ1v) is 10.2. The Hall–Kier alpha value is -2.67. The van der Waals surface area contributed by atoms with Crippen LogP contribution in [0, 0.1) is 10.1 Å². The van der Waals surface area contributed by atoms with Gasteiger partial charge in [-0.3, -0.25) is 10.1 Å². The maximum absolute atomic E-state index is 10.8. The fraction of sp³-hybridized carbons (Fsp3) is 0.409. The molecule has 0 saturated carbocycles. The molecule has 1 aliphatic heterocycles. The lowest BCUT2D eigenvalue weighted by atomic mass is 9.67. The molecule has 2 aromatic rings. The molecule has 2 N–H and O–H groups in total. The van der Waals surface area contributed by atoms with Crippen molar-refractivity contribution in [3.8, 4) is 5.75 Å². The van der Waals surface area contributed by atoms with Crippen molar-refractivity contribution < 1.29 is 9.66 Å². The first kappa shape index (κ1) is 21.0. The molecular formula is C22H27N3O3S. The molecule has 0 atom stereocenters. The lowest BCUT2D eigenvalue weighted by Crippen LogP contribution is -2.43. The second-order valence-corrected chi connectivity index (χ2v) is 8.53. The van der Waals surface area contributed by atoms with Gasteiger partial charge in [-0.25, -0.2) is 0 Å². The summed E-state index contributed by atoms with van der Waals surface area (Å²) >= 11 is 5.42. The molecule has 3 rings (SSSR count). The average molecular weight is 414 g/mol. The van der Waals surface area contributed by atoms with Gasteiger partial charge in [-0.05, 0) is 75.7 Å². The van der Waals surface area contributed by atoms with Gasteiger partial charge < -0.3 is 15.4 Å². The van der Waals surface area contributed by atoms with Crippen LogP contribution < -0.4 is 15.4 Å². The highest BCUT2D eigenvalue weighted by molar-refractivity contribution is 7.80. The summed E-state index contributed by atoms with van der Waals surface area (Å²) in [6, 6.07) is 12.2. The van der Waals surface area contributed by atoms with Gasteiger partial charge in [-0.2, -0.15) is 0 Å². The Kier molecular flexibility index (Phi) is 5.80. The van der Waals surface area contributed by atoms with Gasteiger partial charge in [0.25, 0.3) is 5.69 Å². The molecule has 6 nitrogen and oxygen atoms in total. The Morgan fingerprint density at radius 3 is 2.28 bits per heavy atom. The van der Waals surface area contributed by atoms with Crippen molar-refractivity contribution in [3.63, 3.8) is 0 Å². The highest BCUT2D eigenvalue weighted by Gasteiger charge is 2.42. The quantitative estimate of drug-likeness (QED) is 0.354. The second kappa shape index (κ2) is 7.99. The molecule has 0 aliphatic carbocycles. The number of thiocarbonyl (C=S) groups is 1. The molecule has 0 amide bonds. The minimum absolute atomic E-state index is 0.0440. The van der Waals surface area contributed by atoms with Crippen LogP contribution in [-0.2, 0) is 5.41 Å². The van der Waals surface area contributed by atoms with Crippen molar-refractivity contribution >= 4 is 34.4 Å². The molecule has 1 aliphatic rings. The third kappa shape index (κ3) is 4.50. The molecule has 2 aromatic carbocycles. The summed E-state index contributed by atoms with van der Waals surface area (Å²) in [6.45, 7) is 8.75. The van der Waals surface area contributed by atoms with Crippen molar-refractivity contribution in [2.45, 2.75) is 58.0 Å². The Morgan fingerprint density at radius 1 is 1.10 bits per heavy atom. The van der Waals surface area contributed by atoms with E-state index in [9.17, 15) is 10.1 Å². The number of rotatable bonds is 5. The minimum atomic E-state index is -0.426. The summed E-state index contributed by atoms with van der Waals surface area (Å²) in [5.41, 5.74) is 2.71. The Morgan fingerprint density at radius 2 is 1.69 bits per heavy atom. The van der Waals surface area contributed by atoms with Gasteiger partial charge in [-0.15, -0.1) is 0 Å². The summed E-state index contributed by atoms with van der Waals surface area (Å²) in [4.78, 5) is 10.3. The van der Waals surface area contributed by atoms with E-state index in [0.29, 0.717) is 10.8 Å². The third-order valence-electron chi connectivity index (χ3n) is 5.65. The molecule has 0 spiro atoms. The van der Waals surface area contributed by atoms with Gasteiger partial charge in [0.1, 0.15) is 11.4 Å². The minimum Gasteiger partial charge on any atom is -0.488 e. The van der Waals surface area contributed by atoms with E-state index >= 15 is 0 Å². The number of anilines is 2. The first-order chi connectivity index (χ1) is 13.7. The van der Waals surface area contributed by atoms with Crippen LogP contribution in [0.4, 0.5) is 17.1 Å². The van der Waals surface area contributed by atoms with Gasteiger partial charge in [0.05, 0.1) is 4.92 Å². The average Bonchev–Trinajstić information content (AvgIpc) is 2.67. The number of benzene rings is 2. The molecule has 1 heterocycles. The standard InChI is InChI=1S/C22H27N3O3S/c1-5-22(6-2)14-21(3,4)28-19-12-9-16(13-18(19)22)24-20(29)23-15-7-10-17(11-8-15)25(26)27/h7-13H,5-6,14H2,1-4H3,(H2,23,24,29). The number of non-ortho nitro benzene ring substituents is 1. The Labute approximate surface area is 176 Å². The summed E-state index contributed by atoms with van der Waals surface area (Å²) in [6.07, 6.45) is 3.05. The molecule has 0 saturated heterocycles. The molecule has 0 radical (unpaired) electrons. The van der Waals surface area contributed by atoms with Crippen LogP contribution in [0.5, 0.6) is 5.75 Å². The Bertz CT molecular complexity index is 921. The highest BCUT2D eigenvalue weighted by Crippen LogP contribution is 2.49. The zero-order valence-electron chi connectivity index (χ0n) is 17.2. The Balaban J connectivity index is 1.79. The fourth-order valence-electron chi connectivity index (χ4n) is 4.20. The van der Waals surface area contributed by atoms with Crippen LogP contribution in [0.25, 0.3) is 0 Å². The van der Waals surface area contributed by atoms with Crippen LogP contribution in [0.15, 0.2) is 42.5 Å². The monoisotopic (exact) mass is 413 g/mol. The molecule has 0 unspecified atom stereocenters. The van der Waals surface area contributed by atoms with E-state index in [1.165, 1.54) is 17.7 Å². The van der Waals surface area contributed by atoms with Crippen molar-refractivity contribution in [1.82, 2.24) is 0 Å². The van der Waals surface area contributed by atoms with Crippen LogP contribution in [-0.4, -0.2) is 15.6 Å². The number of hydrogen-bond donors (Lipinski definition) is 2. The maximum Gasteiger partial charge on any atom is 0.269 e. The van der Waals surface area contributed by atoms with Gasteiger partial charge in [-0.1, -0.05) is 13.8 Å². The topological polar surface area (TPSA) is 76.4 Å². The zero-order chi connectivity index (χ0) is 21.2. The number of nitro benzene ring substituents is 1. The van der Waals surface area contributed by atoms with E-state index in [0.717, 1.165) is 30.7 Å². The molecule has 0 bridgehead atoms. The van der Waals surface area contributed by atoms with Crippen LogP contribution in [0.2, 0.25) is 0 Å². The predicted molar refractivity (Wildman–Crippen MR) is 121 cm³/mol. The van der Waals surface area contributed by atoms with Gasteiger partial charge in [0, 0.05) is 34.5 Å². The third-order valence-corrected chi connectivity index (χ3v) is 5.85. The van der Waals surface area contributed by atoms with Crippen LogP contribution in [0.3, 0.4) is 0 Å². The SMILES string of the molecule is CCC1(CC)CC(C)(C)Oc2ccc(NC(=S)Nc3ccc([N+](=O)[O-])cc3)cc21. The summed E-state index contributed by atoms with van der Waals surface area (Å²) in [5, 5.41) is 17.5. The molecule has 0 aromatic heterocycles. The van der Waals surface area contributed by atoms with E-state index in [-0.39, 0.29) is 16.7 Å². The van der Waals surface area contributed by atoms with Gasteiger partial charge in [0.2, 0.25) is 0 Å². The predicted octanol–water partition coefficient (Wildman–Crippen LogP) is 6.02. The van der Waals surface area contributed by atoms with Crippen LogP contribution >= 0.6 is 12.2 Å². The van der Waals surface area contributed by atoms with E-state index in [1.807, 2.05) is 12.1 Å². The number of nitro groups is 1. The number of nitrogens with zero attached hydrogens (tertiary/aromatic N) is 1. The first-order valence-electron chi connectivity index (χ1n) is 9.84. The number of nitrogens with one attached hydrogen (secondary N) is 2. The normalized spacial score (nSPS) is 16.3. The second-order valence-electron chi connectivity index (χ2n) is 8.12. The van der Waals surface area contributed by atoms with Crippen LogP contribution in [0.1, 0.15) is 52.5 Å². The van der Waals surface area contributed by atoms with Gasteiger partial charge >= 0.3 is 0 Å². The molecule has 29 heavy (non-hydrogen) atoms. The fourth-order valence-corrected chi connectivity index (χ4v) is 4.43. The van der Waals surface area contributed by atoms with Crippen molar-refractivity contribution in [1.29, 1.82) is 0 Å². The van der Waals surface area contributed by atoms with Crippen molar-refractivity contribution in [2.24, 2.45) is 0 Å². The van der Waals surface area contributed by atoms with E-state index < -0.39 is 4.92 Å². The maximum atomic E-state index is 10.8. The number of fused-ring (bicyclic) bond motifs is 1. The van der Waals surface area contributed by atoms with E-state index in [1.54, 1.807) is 12.1 Å². The lowest BCUT2D eigenvalue weighted by Gasteiger charge is -2.46. The summed E-state index contributed by atoms with van der Waals surface area (Å²) in [7, 11) is 0. The smallest absolute Gasteiger partial charge is 0.269 e. The summed E-state index contributed by atoms with van der Waals surface area (Å²) in [5.74, 6) is 0.935. The molecule has 154 valence electrons. The van der Waals surface area contributed by atoms with Crippen molar-refractivity contribution in [2.75, 3.05) is 10.6 Å². The highest BCUT2D eigenvalue weighted by atomic mass is 32.1. The molecule has 0 fully saturated rings.